The number of nitrogens with zero attached hydrogens (tertiary/aromatic N) is 1. The van der Waals surface area contributed by atoms with Gasteiger partial charge in [-0.05, 0) is 23.8 Å². The summed E-state index contributed by atoms with van der Waals surface area (Å²) in [6.07, 6.45) is 2.32. The Bertz CT molecular complexity index is 360. The van der Waals surface area contributed by atoms with E-state index in [4.69, 9.17) is 15.5 Å². The number of phenolic OH excluding ortho intramolecular Hbond substituents is 1. The smallest absolute Gasteiger partial charge is 0.296 e. The van der Waals surface area contributed by atoms with Gasteiger partial charge < -0.3 is 5.11 Å². The molecule has 0 spiro atoms. The van der Waals surface area contributed by atoms with Gasteiger partial charge in [0.15, 0.2) is 0 Å². The molecule has 0 aliphatic rings. The molecule has 5 nitrogen and oxygen atoms in total. The van der Waals surface area contributed by atoms with Gasteiger partial charge in [-0.15, -0.1) is 0 Å². The number of hydrogen-bond acceptors (Lipinski definition) is 4. The fourth-order valence-corrected chi connectivity index (χ4v) is 0.863. The summed E-state index contributed by atoms with van der Waals surface area (Å²) >= 11 is 0. The summed E-state index contributed by atoms with van der Waals surface area (Å²) in [5.74, 6) is -0.891. The minimum atomic E-state index is -0.964. The van der Waals surface area contributed by atoms with Gasteiger partial charge in [0.05, 0.1) is 0 Å². The van der Waals surface area contributed by atoms with E-state index < -0.39 is 11.1 Å². The van der Waals surface area contributed by atoms with Gasteiger partial charge in [0, 0.05) is 6.08 Å². The number of rotatable bonds is 2. The maximum atomic E-state index is 10.7. The van der Waals surface area contributed by atoms with Crippen LogP contribution in [-0.4, -0.2) is 26.7 Å². The van der Waals surface area contributed by atoms with Crippen molar-refractivity contribution in [2.24, 2.45) is 0 Å². The van der Waals surface area contributed by atoms with Crippen LogP contribution in [0.4, 0.5) is 0 Å². The molecule has 5 heteroatoms. The molecule has 1 aromatic rings. The molecular formula is C9H9NO4. The Morgan fingerprint density at radius 3 is 2.64 bits per heavy atom. The summed E-state index contributed by atoms with van der Waals surface area (Å²) in [6, 6.07) is 6.18. The number of carbonyl (C=O) groups is 1. The number of carbonyl (C=O) groups excluding carboxylic acids is 1. The molecule has 0 aromatic heterocycles. The number of hydrogen-bond donors (Lipinski definition) is 3. The topological polar surface area (TPSA) is 81.0 Å². The van der Waals surface area contributed by atoms with Gasteiger partial charge in [-0.3, -0.25) is 15.2 Å². The zero-order valence-corrected chi connectivity index (χ0v) is 7.16. The van der Waals surface area contributed by atoms with E-state index in [2.05, 4.69) is 0 Å². The molecule has 0 saturated carbocycles. The highest BCUT2D eigenvalue weighted by Gasteiger charge is 2.01. The second kappa shape index (κ2) is 4.40. The Morgan fingerprint density at radius 2 is 2.07 bits per heavy atom. The predicted octanol–water partition coefficient (Wildman–Crippen LogP) is 1.01. The van der Waals surface area contributed by atoms with Gasteiger partial charge in [-0.2, -0.15) is 0 Å². The van der Waals surface area contributed by atoms with E-state index in [1.165, 1.54) is 18.2 Å². The SMILES string of the molecule is O=C(C=Cc1cccc(O)c1)N(O)O. The fraction of sp³-hybridized carbons (Fsp3) is 0. The number of aromatic hydroxyl groups is 1. The van der Waals surface area contributed by atoms with Gasteiger partial charge in [0.1, 0.15) is 5.75 Å². The largest absolute Gasteiger partial charge is 0.508 e. The van der Waals surface area contributed by atoms with Crippen LogP contribution in [0.15, 0.2) is 30.3 Å². The van der Waals surface area contributed by atoms with E-state index in [-0.39, 0.29) is 5.75 Å². The average Bonchev–Trinajstić information content (AvgIpc) is 2.14. The van der Waals surface area contributed by atoms with Crippen molar-refractivity contribution >= 4 is 12.0 Å². The van der Waals surface area contributed by atoms with Crippen LogP contribution < -0.4 is 0 Å². The summed E-state index contributed by atoms with van der Waals surface area (Å²) in [5.41, 5.74) is 0.584. The molecule has 0 radical (unpaired) electrons. The first-order valence-electron chi connectivity index (χ1n) is 3.78. The first-order chi connectivity index (χ1) is 6.59. The van der Waals surface area contributed by atoms with Gasteiger partial charge >= 0.3 is 0 Å². The number of hydroxylamine groups is 2. The lowest BCUT2D eigenvalue weighted by Gasteiger charge is -2.00. The van der Waals surface area contributed by atoms with Crippen LogP contribution in [0.25, 0.3) is 6.08 Å². The van der Waals surface area contributed by atoms with Gasteiger partial charge in [-0.25, -0.2) is 0 Å². The van der Waals surface area contributed by atoms with Crippen molar-refractivity contribution < 1.29 is 20.3 Å². The molecule has 0 bridgehead atoms. The minimum absolute atomic E-state index is 0.0736. The van der Waals surface area contributed by atoms with Gasteiger partial charge in [0.2, 0.25) is 0 Å². The molecule has 0 unspecified atom stereocenters. The fourth-order valence-electron chi connectivity index (χ4n) is 0.863. The van der Waals surface area contributed by atoms with E-state index in [1.807, 2.05) is 0 Å². The molecule has 3 N–H and O–H groups in total. The molecule has 1 rings (SSSR count). The second-order valence-electron chi connectivity index (χ2n) is 2.56. The first-order valence-corrected chi connectivity index (χ1v) is 3.78. The van der Waals surface area contributed by atoms with E-state index >= 15 is 0 Å². The summed E-state index contributed by atoms with van der Waals surface area (Å²) in [6.45, 7) is 0. The highest BCUT2D eigenvalue weighted by molar-refractivity contribution is 5.90. The molecule has 0 aliphatic heterocycles. The molecule has 0 atom stereocenters. The van der Waals surface area contributed by atoms with Crippen molar-refractivity contribution in [2.75, 3.05) is 0 Å². The zero-order valence-electron chi connectivity index (χ0n) is 7.16. The van der Waals surface area contributed by atoms with Crippen LogP contribution in [0, 0.1) is 0 Å². The van der Waals surface area contributed by atoms with Crippen LogP contribution in [0.1, 0.15) is 5.56 Å². The van der Waals surface area contributed by atoms with Crippen LogP contribution in [0.5, 0.6) is 5.75 Å². The molecule has 0 fully saturated rings. The lowest BCUT2D eigenvalue weighted by Crippen LogP contribution is -2.20. The minimum Gasteiger partial charge on any atom is -0.508 e. The summed E-state index contributed by atoms with van der Waals surface area (Å²) in [5, 5.41) is 25.1. The average molecular weight is 195 g/mol. The van der Waals surface area contributed by atoms with E-state index in [9.17, 15) is 4.79 Å². The third kappa shape index (κ3) is 2.89. The Morgan fingerprint density at radius 1 is 1.36 bits per heavy atom. The quantitative estimate of drug-likeness (QED) is 0.373. The van der Waals surface area contributed by atoms with E-state index in [0.29, 0.717) is 5.56 Å². The van der Waals surface area contributed by atoms with E-state index in [0.717, 1.165) is 6.08 Å². The Hall–Kier alpha value is -1.85. The molecule has 14 heavy (non-hydrogen) atoms. The third-order valence-corrected chi connectivity index (χ3v) is 1.49. The van der Waals surface area contributed by atoms with E-state index in [1.54, 1.807) is 12.1 Å². The van der Waals surface area contributed by atoms with Crippen molar-refractivity contribution in [3.8, 4) is 5.75 Å². The van der Waals surface area contributed by atoms with Crippen LogP contribution in [-0.2, 0) is 4.79 Å². The number of benzene rings is 1. The zero-order chi connectivity index (χ0) is 10.6. The highest BCUT2D eigenvalue weighted by Crippen LogP contribution is 2.11. The lowest BCUT2D eigenvalue weighted by atomic mass is 10.2. The highest BCUT2D eigenvalue weighted by atomic mass is 16.8. The predicted molar refractivity (Wildman–Crippen MR) is 47.6 cm³/mol. The van der Waals surface area contributed by atoms with Crippen molar-refractivity contribution in [3.63, 3.8) is 0 Å². The van der Waals surface area contributed by atoms with Gasteiger partial charge in [-0.1, -0.05) is 17.4 Å². The molecular weight excluding hydrogens is 186 g/mol. The maximum Gasteiger partial charge on any atom is 0.296 e. The monoisotopic (exact) mass is 195 g/mol. The van der Waals surface area contributed by atoms with Crippen LogP contribution >= 0.6 is 0 Å². The summed E-state index contributed by atoms with van der Waals surface area (Å²) in [7, 11) is 0. The van der Waals surface area contributed by atoms with Crippen molar-refractivity contribution in [2.45, 2.75) is 0 Å². The van der Waals surface area contributed by atoms with Crippen LogP contribution in [0.3, 0.4) is 0 Å². The Balaban J connectivity index is 2.74. The Kier molecular flexibility index (Phi) is 3.22. The molecule has 74 valence electrons. The number of phenols is 1. The maximum absolute atomic E-state index is 10.7. The molecule has 0 saturated heterocycles. The van der Waals surface area contributed by atoms with Gasteiger partial charge in [0.25, 0.3) is 5.91 Å². The van der Waals surface area contributed by atoms with Crippen molar-refractivity contribution in [1.82, 2.24) is 5.23 Å². The van der Waals surface area contributed by atoms with Crippen molar-refractivity contribution in [1.29, 1.82) is 0 Å². The molecule has 1 aromatic carbocycles. The first kappa shape index (κ1) is 10.2. The Labute approximate surface area is 80.0 Å². The molecule has 0 aliphatic carbocycles. The number of amides is 1. The molecule has 0 heterocycles. The summed E-state index contributed by atoms with van der Waals surface area (Å²) in [4.78, 5) is 10.7. The standard InChI is InChI=1S/C9H9NO4/c11-8-3-1-2-7(6-8)4-5-9(12)10(13)14/h1-6,11,13-14H. The molecule has 1 amide bonds. The third-order valence-electron chi connectivity index (χ3n) is 1.49. The normalized spacial score (nSPS) is 10.4. The second-order valence-corrected chi connectivity index (χ2v) is 2.56. The van der Waals surface area contributed by atoms with Crippen LogP contribution in [0.2, 0.25) is 0 Å². The lowest BCUT2D eigenvalue weighted by molar-refractivity contribution is -0.280. The van der Waals surface area contributed by atoms with Crippen molar-refractivity contribution in [3.05, 3.63) is 35.9 Å². The summed E-state index contributed by atoms with van der Waals surface area (Å²) < 4.78 is 0.